The normalized spacial score (nSPS) is 22.2. The van der Waals surface area contributed by atoms with Crippen LogP contribution < -0.4 is 10.2 Å². The average Bonchev–Trinajstić information content (AvgIpc) is 2.59. The maximum absolute atomic E-state index is 12.5. The Morgan fingerprint density at radius 3 is 2.52 bits per heavy atom. The molecule has 0 radical (unpaired) electrons. The second-order valence-electron chi connectivity index (χ2n) is 7.28. The van der Waals surface area contributed by atoms with Gasteiger partial charge in [-0.2, -0.15) is 0 Å². The molecule has 1 N–H and O–H groups in total. The van der Waals surface area contributed by atoms with Crippen molar-refractivity contribution in [2.75, 3.05) is 56.5 Å². The number of anilines is 2. The zero-order valence-corrected chi connectivity index (χ0v) is 15.4. The molecule has 0 aliphatic carbocycles. The molecule has 0 aromatic heterocycles. The van der Waals surface area contributed by atoms with Crippen LogP contribution in [0.5, 0.6) is 0 Å². The Hall–Kier alpha value is -2.08. The van der Waals surface area contributed by atoms with Gasteiger partial charge >= 0.3 is 6.03 Å². The number of benzene rings is 1. The van der Waals surface area contributed by atoms with Crippen molar-refractivity contribution in [3.05, 3.63) is 23.8 Å². The van der Waals surface area contributed by atoms with Gasteiger partial charge in [0, 0.05) is 63.0 Å². The zero-order chi connectivity index (χ0) is 18.0. The summed E-state index contributed by atoms with van der Waals surface area (Å²) < 4.78 is 0. The van der Waals surface area contributed by atoms with E-state index in [0.29, 0.717) is 19.5 Å². The van der Waals surface area contributed by atoms with E-state index >= 15 is 0 Å². The molecule has 1 unspecified atom stereocenters. The van der Waals surface area contributed by atoms with Crippen molar-refractivity contribution in [1.29, 1.82) is 0 Å². The molecule has 2 heterocycles. The Morgan fingerprint density at radius 1 is 1.16 bits per heavy atom. The SMILES string of the molecule is Cc1cc(N2CCN(C)CC2)ccc1NC(=O)N1CCC(=O)C(C)C1. The predicted molar refractivity (Wildman–Crippen MR) is 100 cm³/mol. The van der Waals surface area contributed by atoms with Gasteiger partial charge < -0.3 is 20.0 Å². The van der Waals surface area contributed by atoms with Crippen LogP contribution in [-0.4, -0.2) is 67.9 Å². The minimum absolute atomic E-state index is 0.0693. The van der Waals surface area contributed by atoms with Gasteiger partial charge in [0.25, 0.3) is 0 Å². The lowest BCUT2D eigenvalue weighted by Gasteiger charge is -2.34. The smallest absolute Gasteiger partial charge is 0.321 e. The van der Waals surface area contributed by atoms with Crippen LogP contribution in [0.2, 0.25) is 0 Å². The number of nitrogens with one attached hydrogen (secondary N) is 1. The molecule has 6 nitrogen and oxygen atoms in total. The molecule has 3 rings (SSSR count). The summed E-state index contributed by atoms with van der Waals surface area (Å²) in [6.45, 7) is 9.13. The summed E-state index contributed by atoms with van der Waals surface area (Å²) in [7, 11) is 2.15. The number of hydrogen-bond donors (Lipinski definition) is 1. The van der Waals surface area contributed by atoms with Crippen LogP contribution in [0.25, 0.3) is 0 Å². The number of urea groups is 1. The fourth-order valence-corrected chi connectivity index (χ4v) is 3.44. The van der Waals surface area contributed by atoms with Crippen molar-refractivity contribution in [3.8, 4) is 0 Å². The van der Waals surface area contributed by atoms with E-state index in [2.05, 4.69) is 34.3 Å². The number of rotatable bonds is 2. The molecule has 0 spiro atoms. The summed E-state index contributed by atoms with van der Waals surface area (Å²) in [5.74, 6) is 0.178. The van der Waals surface area contributed by atoms with Crippen LogP contribution in [0.3, 0.4) is 0 Å². The van der Waals surface area contributed by atoms with Crippen LogP contribution >= 0.6 is 0 Å². The summed E-state index contributed by atoms with van der Waals surface area (Å²) in [5.41, 5.74) is 3.11. The number of carbonyl (C=O) groups is 2. The molecule has 2 aliphatic heterocycles. The second kappa shape index (κ2) is 7.44. The lowest BCUT2D eigenvalue weighted by molar-refractivity contribution is -0.124. The highest BCUT2D eigenvalue weighted by Crippen LogP contribution is 2.24. The Morgan fingerprint density at radius 2 is 1.88 bits per heavy atom. The van der Waals surface area contributed by atoms with Gasteiger partial charge in [-0.1, -0.05) is 6.92 Å². The summed E-state index contributed by atoms with van der Waals surface area (Å²) in [5, 5.41) is 3.00. The predicted octanol–water partition coefficient (Wildman–Crippen LogP) is 2.19. The summed E-state index contributed by atoms with van der Waals surface area (Å²) in [6.07, 6.45) is 0.454. The Kier molecular flexibility index (Phi) is 5.27. The first-order valence-electron chi connectivity index (χ1n) is 9.07. The highest BCUT2D eigenvalue weighted by molar-refractivity contribution is 5.92. The van der Waals surface area contributed by atoms with Crippen LogP contribution in [0.4, 0.5) is 16.2 Å². The van der Waals surface area contributed by atoms with Gasteiger partial charge in [-0.15, -0.1) is 0 Å². The van der Waals surface area contributed by atoms with Crippen molar-refractivity contribution in [2.45, 2.75) is 20.3 Å². The van der Waals surface area contributed by atoms with Gasteiger partial charge in [0.1, 0.15) is 5.78 Å². The summed E-state index contributed by atoms with van der Waals surface area (Å²) >= 11 is 0. The van der Waals surface area contributed by atoms with Crippen LogP contribution in [-0.2, 0) is 4.79 Å². The highest BCUT2D eigenvalue weighted by Gasteiger charge is 2.26. The lowest BCUT2D eigenvalue weighted by atomic mass is 9.99. The number of hydrogen-bond acceptors (Lipinski definition) is 4. The molecule has 1 aromatic rings. The maximum atomic E-state index is 12.5. The van der Waals surface area contributed by atoms with E-state index in [-0.39, 0.29) is 17.7 Å². The van der Waals surface area contributed by atoms with E-state index in [1.54, 1.807) is 4.90 Å². The number of aryl methyl sites for hydroxylation is 1. The van der Waals surface area contributed by atoms with Gasteiger partial charge in [0.05, 0.1) is 0 Å². The molecular formula is C19H28N4O2. The fraction of sp³-hybridized carbons (Fsp3) is 0.579. The number of carbonyl (C=O) groups excluding carboxylic acids is 2. The molecule has 1 aromatic carbocycles. The molecule has 136 valence electrons. The Labute approximate surface area is 149 Å². The summed E-state index contributed by atoms with van der Waals surface area (Å²) in [6, 6.07) is 6.09. The molecule has 2 saturated heterocycles. The van der Waals surface area contributed by atoms with E-state index in [9.17, 15) is 9.59 Å². The minimum atomic E-state index is -0.116. The van der Waals surface area contributed by atoms with Gasteiger partial charge in [0.15, 0.2) is 0 Å². The summed E-state index contributed by atoms with van der Waals surface area (Å²) in [4.78, 5) is 30.6. The van der Waals surface area contributed by atoms with Gasteiger partial charge in [-0.25, -0.2) is 4.79 Å². The van der Waals surface area contributed by atoms with Gasteiger partial charge in [-0.3, -0.25) is 4.79 Å². The first-order valence-corrected chi connectivity index (χ1v) is 9.07. The molecule has 0 bridgehead atoms. The third-order valence-corrected chi connectivity index (χ3v) is 5.28. The molecule has 0 saturated carbocycles. The van der Waals surface area contributed by atoms with E-state index in [0.717, 1.165) is 37.4 Å². The third kappa shape index (κ3) is 4.12. The van der Waals surface area contributed by atoms with E-state index in [1.165, 1.54) is 5.69 Å². The van der Waals surface area contributed by atoms with Crippen LogP contribution in [0.15, 0.2) is 18.2 Å². The molecule has 2 fully saturated rings. The first kappa shape index (κ1) is 17.7. The standard InChI is InChI=1S/C19H28N4O2/c1-14-12-16(22-10-8-21(3)9-11-22)4-5-17(14)20-19(25)23-7-6-18(24)15(2)13-23/h4-5,12,15H,6-11,13H2,1-3H3,(H,20,25). The lowest BCUT2D eigenvalue weighted by Crippen LogP contribution is -2.45. The van der Waals surface area contributed by atoms with Crippen LogP contribution in [0, 0.1) is 12.8 Å². The molecular weight excluding hydrogens is 316 g/mol. The maximum Gasteiger partial charge on any atom is 0.321 e. The number of Topliss-reactive ketones (excluding diaryl/α,β-unsaturated/α-hetero) is 1. The van der Waals surface area contributed by atoms with E-state index in [4.69, 9.17) is 0 Å². The van der Waals surface area contributed by atoms with Crippen molar-refractivity contribution < 1.29 is 9.59 Å². The number of likely N-dealkylation sites (tertiary alicyclic amines) is 1. The molecule has 6 heteroatoms. The Bertz CT molecular complexity index is 653. The molecule has 25 heavy (non-hydrogen) atoms. The first-order chi connectivity index (χ1) is 11.9. The largest absolute Gasteiger partial charge is 0.369 e. The third-order valence-electron chi connectivity index (χ3n) is 5.28. The number of ketones is 1. The minimum Gasteiger partial charge on any atom is -0.369 e. The number of piperidine rings is 1. The molecule has 2 amide bonds. The zero-order valence-electron chi connectivity index (χ0n) is 15.4. The molecule has 2 aliphatic rings. The van der Waals surface area contributed by atoms with E-state index in [1.807, 2.05) is 19.9 Å². The van der Waals surface area contributed by atoms with Crippen molar-refractivity contribution >= 4 is 23.2 Å². The number of piperazine rings is 1. The number of nitrogens with zero attached hydrogens (tertiary/aromatic N) is 3. The monoisotopic (exact) mass is 344 g/mol. The highest BCUT2D eigenvalue weighted by atomic mass is 16.2. The Balaban J connectivity index is 1.63. The van der Waals surface area contributed by atoms with E-state index < -0.39 is 0 Å². The molecule has 1 atom stereocenters. The fourth-order valence-electron chi connectivity index (χ4n) is 3.44. The van der Waals surface area contributed by atoms with Crippen molar-refractivity contribution in [2.24, 2.45) is 5.92 Å². The topological polar surface area (TPSA) is 55.9 Å². The number of likely N-dealkylation sites (N-methyl/N-ethyl adjacent to an activating group) is 1. The average molecular weight is 344 g/mol. The second-order valence-corrected chi connectivity index (χ2v) is 7.28. The van der Waals surface area contributed by atoms with Gasteiger partial charge in [0.2, 0.25) is 0 Å². The quantitative estimate of drug-likeness (QED) is 0.893. The number of amides is 2. The van der Waals surface area contributed by atoms with Gasteiger partial charge in [-0.05, 0) is 37.7 Å². The van der Waals surface area contributed by atoms with Crippen molar-refractivity contribution in [1.82, 2.24) is 9.80 Å². The van der Waals surface area contributed by atoms with Crippen LogP contribution in [0.1, 0.15) is 18.9 Å². The van der Waals surface area contributed by atoms with Crippen molar-refractivity contribution in [3.63, 3.8) is 0 Å².